The second kappa shape index (κ2) is 7.98. The van der Waals surface area contributed by atoms with Gasteiger partial charge < -0.3 is 14.8 Å². The Morgan fingerprint density at radius 2 is 1.92 bits per heavy atom. The van der Waals surface area contributed by atoms with E-state index in [0.29, 0.717) is 23.0 Å². The summed E-state index contributed by atoms with van der Waals surface area (Å²) in [5, 5.41) is 3.42. The Bertz CT molecular complexity index is 810. The number of hydrogen-bond acceptors (Lipinski definition) is 4. The molecule has 1 heterocycles. The van der Waals surface area contributed by atoms with Crippen LogP contribution in [-0.2, 0) is 11.2 Å². The summed E-state index contributed by atoms with van der Waals surface area (Å²) in [5.41, 5.74) is 3.04. The highest BCUT2D eigenvalue weighted by atomic mass is 35.5. The Hall–Kier alpha value is -2.24. The number of rotatable bonds is 5. The predicted molar refractivity (Wildman–Crippen MR) is 103 cm³/mol. The highest BCUT2D eigenvalue weighted by molar-refractivity contribution is 6.33. The van der Waals surface area contributed by atoms with E-state index in [0.717, 1.165) is 18.7 Å². The van der Waals surface area contributed by atoms with Crippen molar-refractivity contribution < 1.29 is 14.3 Å². The molecule has 1 aliphatic heterocycles. The summed E-state index contributed by atoms with van der Waals surface area (Å²) in [4.78, 5) is 14.6. The van der Waals surface area contributed by atoms with E-state index >= 15 is 0 Å². The van der Waals surface area contributed by atoms with Gasteiger partial charge in [-0.15, -0.1) is 0 Å². The van der Waals surface area contributed by atoms with Gasteiger partial charge in [-0.3, -0.25) is 9.69 Å². The number of para-hydroxylation sites is 1. The van der Waals surface area contributed by atoms with Crippen LogP contribution in [0.3, 0.4) is 0 Å². The molecule has 3 rings (SSSR count). The first-order chi connectivity index (χ1) is 12.5. The van der Waals surface area contributed by atoms with Gasteiger partial charge in [-0.25, -0.2) is 0 Å². The second-order valence-corrected chi connectivity index (χ2v) is 6.74. The van der Waals surface area contributed by atoms with Gasteiger partial charge >= 0.3 is 0 Å². The van der Waals surface area contributed by atoms with E-state index in [1.54, 1.807) is 26.4 Å². The van der Waals surface area contributed by atoms with Crippen molar-refractivity contribution in [3.63, 3.8) is 0 Å². The van der Waals surface area contributed by atoms with E-state index in [9.17, 15) is 4.79 Å². The van der Waals surface area contributed by atoms with Crippen LogP contribution in [0.2, 0.25) is 5.02 Å². The smallest absolute Gasteiger partial charge is 0.238 e. The molecular formula is C20H23ClN2O3. The van der Waals surface area contributed by atoms with Gasteiger partial charge in [0, 0.05) is 12.6 Å². The van der Waals surface area contributed by atoms with Crippen molar-refractivity contribution in [1.82, 2.24) is 4.90 Å². The Morgan fingerprint density at radius 1 is 1.23 bits per heavy atom. The molecule has 1 atom stereocenters. The standard InChI is InChI=1S/C20H23ClN2O3/c1-13-15-11-19(26-3)18(25-2)10-14(15)8-9-23(13)12-20(24)22-17-7-5-4-6-16(17)21/h4-7,10-11,13H,8-9,12H2,1-3H3,(H,22,24)/t13-/m1/s1. The summed E-state index contributed by atoms with van der Waals surface area (Å²) in [5.74, 6) is 1.37. The zero-order chi connectivity index (χ0) is 18.7. The lowest BCUT2D eigenvalue weighted by Gasteiger charge is -2.35. The number of ether oxygens (including phenoxy) is 2. The zero-order valence-corrected chi connectivity index (χ0v) is 16.0. The van der Waals surface area contributed by atoms with Crippen molar-refractivity contribution in [2.45, 2.75) is 19.4 Å². The second-order valence-electron chi connectivity index (χ2n) is 6.33. The number of carbonyl (C=O) groups is 1. The summed E-state index contributed by atoms with van der Waals surface area (Å²) in [7, 11) is 3.27. The number of methoxy groups -OCH3 is 2. The quantitative estimate of drug-likeness (QED) is 0.861. The normalized spacial score (nSPS) is 16.7. The summed E-state index contributed by atoms with van der Waals surface area (Å²) >= 11 is 6.11. The summed E-state index contributed by atoms with van der Waals surface area (Å²) in [6.07, 6.45) is 0.861. The highest BCUT2D eigenvalue weighted by Crippen LogP contribution is 2.37. The minimum atomic E-state index is -0.0751. The van der Waals surface area contributed by atoms with Crippen LogP contribution in [0.1, 0.15) is 24.1 Å². The van der Waals surface area contributed by atoms with E-state index < -0.39 is 0 Å². The van der Waals surface area contributed by atoms with Gasteiger partial charge in [-0.2, -0.15) is 0 Å². The first kappa shape index (κ1) is 18.5. The minimum Gasteiger partial charge on any atom is -0.493 e. The molecule has 1 amide bonds. The maximum Gasteiger partial charge on any atom is 0.238 e. The third-order valence-electron chi connectivity index (χ3n) is 4.81. The van der Waals surface area contributed by atoms with Crippen LogP contribution in [0.4, 0.5) is 5.69 Å². The van der Waals surface area contributed by atoms with Gasteiger partial charge in [0.1, 0.15) is 0 Å². The molecule has 2 aromatic rings. The molecule has 0 unspecified atom stereocenters. The lowest BCUT2D eigenvalue weighted by atomic mass is 9.93. The van der Waals surface area contributed by atoms with Crippen LogP contribution >= 0.6 is 11.6 Å². The fraction of sp³-hybridized carbons (Fsp3) is 0.350. The average Bonchev–Trinajstić information content (AvgIpc) is 2.65. The van der Waals surface area contributed by atoms with Crippen LogP contribution in [-0.4, -0.2) is 38.1 Å². The maximum absolute atomic E-state index is 12.5. The van der Waals surface area contributed by atoms with Crippen LogP contribution in [0, 0.1) is 0 Å². The average molecular weight is 375 g/mol. The van der Waals surface area contributed by atoms with Crippen molar-refractivity contribution in [2.75, 3.05) is 32.6 Å². The monoisotopic (exact) mass is 374 g/mol. The van der Waals surface area contributed by atoms with Gasteiger partial charge in [0.25, 0.3) is 0 Å². The number of fused-ring (bicyclic) bond motifs is 1. The molecule has 0 saturated heterocycles. The van der Waals surface area contributed by atoms with Crippen molar-refractivity contribution in [3.8, 4) is 11.5 Å². The molecule has 5 nitrogen and oxygen atoms in total. The van der Waals surface area contributed by atoms with Crippen LogP contribution in [0.25, 0.3) is 0 Å². The van der Waals surface area contributed by atoms with Gasteiger partial charge in [0.2, 0.25) is 5.91 Å². The Morgan fingerprint density at radius 3 is 2.62 bits per heavy atom. The third kappa shape index (κ3) is 3.79. The molecule has 0 spiro atoms. The van der Waals surface area contributed by atoms with E-state index in [4.69, 9.17) is 21.1 Å². The molecule has 0 aromatic heterocycles. The number of nitrogens with zero attached hydrogens (tertiary/aromatic N) is 1. The first-order valence-electron chi connectivity index (χ1n) is 8.56. The topological polar surface area (TPSA) is 50.8 Å². The SMILES string of the molecule is COc1cc2c(cc1OC)[C@@H](C)N(CC(=O)Nc1ccccc1Cl)CC2. The fourth-order valence-corrected chi connectivity index (χ4v) is 3.53. The highest BCUT2D eigenvalue weighted by Gasteiger charge is 2.27. The van der Waals surface area contributed by atoms with Crippen molar-refractivity contribution >= 4 is 23.2 Å². The fourth-order valence-electron chi connectivity index (χ4n) is 3.35. The number of benzene rings is 2. The molecule has 138 valence electrons. The molecule has 1 N–H and O–H groups in total. The Kier molecular flexibility index (Phi) is 5.69. The van der Waals surface area contributed by atoms with Crippen LogP contribution in [0.5, 0.6) is 11.5 Å². The first-order valence-corrected chi connectivity index (χ1v) is 8.94. The molecule has 0 fully saturated rings. The molecule has 0 aliphatic carbocycles. The van der Waals surface area contributed by atoms with Crippen LogP contribution in [0.15, 0.2) is 36.4 Å². The van der Waals surface area contributed by atoms with Crippen molar-refractivity contribution in [3.05, 3.63) is 52.5 Å². The van der Waals surface area contributed by atoms with E-state index in [1.807, 2.05) is 24.3 Å². The number of halogens is 1. The molecular weight excluding hydrogens is 352 g/mol. The molecule has 2 aromatic carbocycles. The zero-order valence-electron chi connectivity index (χ0n) is 15.2. The molecule has 1 aliphatic rings. The number of carbonyl (C=O) groups excluding carboxylic acids is 1. The van der Waals surface area contributed by atoms with Crippen LogP contribution < -0.4 is 14.8 Å². The molecule has 26 heavy (non-hydrogen) atoms. The van der Waals surface area contributed by atoms with Crippen molar-refractivity contribution in [2.24, 2.45) is 0 Å². The van der Waals surface area contributed by atoms with Gasteiger partial charge in [-0.1, -0.05) is 23.7 Å². The number of amides is 1. The molecule has 6 heteroatoms. The third-order valence-corrected chi connectivity index (χ3v) is 5.14. The molecule has 0 saturated carbocycles. The summed E-state index contributed by atoms with van der Waals surface area (Å²) in [6, 6.07) is 11.4. The summed E-state index contributed by atoms with van der Waals surface area (Å²) < 4.78 is 10.8. The lowest BCUT2D eigenvalue weighted by molar-refractivity contribution is -0.117. The predicted octanol–water partition coefficient (Wildman–Crippen LogP) is 3.92. The number of nitrogens with one attached hydrogen (secondary N) is 1. The molecule has 0 radical (unpaired) electrons. The summed E-state index contributed by atoms with van der Waals surface area (Å²) in [6.45, 7) is 3.21. The van der Waals surface area contributed by atoms with E-state index in [1.165, 1.54) is 11.1 Å². The van der Waals surface area contributed by atoms with E-state index in [2.05, 4.69) is 17.1 Å². The Labute approximate surface area is 158 Å². The molecule has 0 bridgehead atoms. The van der Waals surface area contributed by atoms with Crippen molar-refractivity contribution in [1.29, 1.82) is 0 Å². The number of anilines is 1. The minimum absolute atomic E-state index is 0.0751. The number of hydrogen-bond donors (Lipinski definition) is 1. The maximum atomic E-state index is 12.5. The van der Waals surface area contributed by atoms with E-state index in [-0.39, 0.29) is 11.9 Å². The van der Waals surface area contributed by atoms with Gasteiger partial charge in [0.05, 0.1) is 31.5 Å². The largest absolute Gasteiger partial charge is 0.493 e. The van der Waals surface area contributed by atoms with Gasteiger partial charge in [-0.05, 0) is 48.7 Å². The van der Waals surface area contributed by atoms with Gasteiger partial charge in [0.15, 0.2) is 11.5 Å². The lowest BCUT2D eigenvalue weighted by Crippen LogP contribution is -2.39. The Balaban J connectivity index is 1.73.